The fourth-order valence-electron chi connectivity index (χ4n) is 2.58. The third-order valence-electron chi connectivity index (χ3n) is 3.63. The van der Waals surface area contributed by atoms with Gasteiger partial charge in [-0.1, -0.05) is 30.0 Å². The molecule has 1 aliphatic heterocycles. The number of thioether (sulfide) groups is 1. The van der Waals surface area contributed by atoms with Crippen LogP contribution in [0.25, 0.3) is 0 Å². The summed E-state index contributed by atoms with van der Waals surface area (Å²) < 4.78 is 0. The van der Waals surface area contributed by atoms with Gasteiger partial charge in [0, 0.05) is 51.0 Å². The second-order valence-corrected chi connectivity index (χ2v) is 6.86. The van der Waals surface area contributed by atoms with E-state index in [1.165, 1.54) is 17.4 Å². The second-order valence-electron chi connectivity index (χ2n) is 5.39. The van der Waals surface area contributed by atoms with Gasteiger partial charge in [0.1, 0.15) is 0 Å². The molecule has 0 N–H and O–H groups in total. The Morgan fingerprint density at radius 2 is 2.10 bits per heavy atom. The van der Waals surface area contributed by atoms with Gasteiger partial charge in [-0.2, -0.15) is 0 Å². The average molecular weight is 306 g/mol. The molecule has 0 aromatic heterocycles. The van der Waals surface area contributed by atoms with E-state index in [1.54, 1.807) is 6.92 Å². The predicted molar refractivity (Wildman–Crippen MR) is 87.6 cm³/mol. The molecule has 2 rings (SSSR count). The topological polar surface area (TPSA) is 40.6 Å². The first-order valence-corrected chi connectivity index (χ1v) is 8.15. The van der Waals surface area contributed by atoms with Gasteiger partial charge in [0.2, 0.25) is 5.91 Å². The number of likely N-dealkylation sites (tertiary alicyclic amines) is 1. The molecule has 0 saturated carbocycles. The van der Waals surface area contributed by atoms with E-state index in [0.29, 0.717) is 13.0 Å². The van der Waals surface area contributed by atoms with E-state index in [4.69, 9.17) is 0 Å². The van der Waals surface area contributed by atoms with Crippen LogP contribution in [-0.4, -0.2) is 47.9 Å². The highest BCUT2D eigenvalue weighted by atomic mass is 32.2. The van der Waals surface area contributed by atoms with Crippen molar-refractivity contribution in [3.8, 4) is 0 Å². The van der Waals surface area contributed by atoms with Crippen LogP contribution >= 0.6 is 11.8 Å². The van der Waals surface area contributed by atoms with Crippen LogP contribution in [-0.2, 0) is 9.59 Å². The quantitative estimate of drug-likeness (QED) is 0.809. The minimum absolute atomic E-state index is 0.0958. The molecule has 1 unspecified atom stereocenters. The number of anilines is 1. The van der Waals surface area contributed by atoms with E-state index in [0.717, 1.165) is 19.5 Å². The summed E-state index contributed by atoms with van der Waals surface area (Å²) in [4.78, 5) is 27.1. The maximum absolute atomic E-state index is 11.9. The van der Waals surface area contributed by atoms with E-state index < -0.39 is 0 Å². The van der Waals surface area contributed by atoms with Crippen molar-refractivity contribution in [3.05, 3.63) is 30.3 Å². The molecular weight excluding hydrogens is 284 g/mol. The predicted octanol–water partition coefficient (Wildman–Crippen LogP) is 2.39. The lowest BCUT2D eigenvalue weighted by atomic mass is 10.3. The molecule has 5 heteroatoms. The van der Waals surface area contributed by atoms with Crippen molar-refractivity contribution in [2.24, 2.45) is 0 Å². The van der Waals surface area contributed by atoms with Crippen molar-refractivity contribution in [1.29, 1.82) is 0 Å². The summed E-state index contributed by atoms with van der Waals surface area (Å²) >= 11 is 1.29. The molecule has 1 atom stereocenters. The Bertz CT molecular complexity index is 492. The highest BCUT2D eigenvalue weighted by molar-refractivity contribution is 8.14. The van der Waals surface area contributed by atoms with E-state index >= 15 is 0 Å². The normalized spacial score (nSPS) is 18.1. The lowest BCUT2D eigenvalue weighted by molar-refractivity contribution is -0.127. The van der Waals surface area contributed by atoms with Crippen molar-refractivity contribution in [2.75, 3.05) is 31.6 Å². The molecule has 4 nitrogen and oxygen atoms in total. The molecule has 0 bridgehead atoms. The maximum atomic E-state index is 11.9. The Balaban J connectivity index is 1.74. The highest BCUT2D eigenvalue weighted by Gasteiger charge is 2.30. The first-order valence-electron chi connectivity index (χ1n) is 7.27. The van der Waals surface area contributed by atoms with Gasteiger partial charge in [0.15, 0.2) is 5.12 Å². The van der Waals surface area contributed by atoms with Gasteiger partial charge >= 0.3 is 0 Å². The van der Waals surface area contributed by atoms with Crippen molar-refractivity contribution < 1.29 is 9.59 Å². The number of carbonyl (C=O) groups excluding carboxylic acids is 2. The first-order chi connectivity index (χ1) is 10.1. The molecule has 1 fully saturated rings. The number of para-hydroxylation sites is 1. The molecule has 0 radical (unpaired) electrons. The summed E-state index contributed by atoms with van der Waals surface area (Å²) in [5, 5.41) is 0.236. The first kappa shape index (κ1) is 15.9. The molecule has 21 heavy (non-hydrogen) atoms. The van der Waals surface area contributed by atoms with Crippen LogP contribution in [0.4, 0.5) is 5.69 Å². The fraction of sp³-hybridized carbons (Fsp3) is 0.500. The van der Waals surface area contributed by atoms with E-state index in [1.807, 2.05) is 23.1 Å². The highest BCUT2D eigenvalue weighted by Crippen LogP contribution is 2.24. The van der Waals surface area contributed by atoms with Crippen molar-refractivity contribution in [2.45, 2.75) is 25.0 Å². The summed E-state index contributed by atoms with van der Waals surface area (Å²) in [6.45, 7) is 3.95. The number of hydrogen-bond acceptors (Lipinski definition) is 4. The van der Waals surface area contributed by atoms with Crippen LogP contribution in [0, 0.1) is 0 Å². The van der Waals surface area contributed by atoms with Crippen molar-refractivity contribution >= 4 is 28.5 Å². The van der Waals surface area contributed by atoms with Gasteiger partial charge in [-0.15, -0.1) is 0 Å². The average Bonchev–Trinajstić information content (AvgIpc) is 2.79. The number of nitrogens with zero attached hydrogens (tertiary/aromatic N) is 2. The van der Waals surface area contributed by atoms with Crippen LogP contribution in [0.1, 0.15) is 19.8 Å². The Hall–Kier alpha value is -1.49. The zero-order chi connectivity index (χ0) is 15.2. The molecule has 1 amide bonds. The Morgan fingerprint density at radius 3 is 2.76 bits per heavy atom. The lowest BCUT2D eigenvalue weighted by Gasteiger charge is -2.22. The number of rotatable bonds is 6. The number of carbonyl (C=O) groups is 2. The van der Waals surface area contributed by atoms with Crippen LogP contribution < -0.4 is 4.90 Å². The van der Waals surface area contributed by atoms with Gasteiger partial charge in [-0.05, 0) is 18.6 Å². The zero-order valence-electron chi connectivity index (χ0n) is 12.6. The largest absolute Gasteiger partial charge is 0.375 e. The molecular formula is C16H22N2O2S. The van der Waals surface area contributed by atoms with E-state index in [9.17, 15) is 9.59 Å². The molecule has 1 aliphatic rings. The molecule has 1 aromatic rings. The van der Waals surface area contributed by atoms with Crippen LogP contribution in [0.5, 0.6) is 0 Å². The monoisotopic (exact) mass is 306 g/mol. The molecule has 1 saturated heterocycles. The SMILES string of the molecule is CC(=O)SC1CC(=O)N(CCCN(C)c2ccccc2)C1. The van der Waals surface area contributed by atoms with Crippen LogP contribution in [0.3, 0.4) is 0 Å². The van der Waals surface area contributed by atoms with Gasteiger partial charge in [-0.3, -0.25) is 9.59 Å². The van der Waals surface area contributed by atoms with Gasteiger partial charge in [-0.25, -0.2) is 0 Å². The van der Waals surface area contributed by atoms with Crippen LogP contribution in [0.2, 0.25) is 0 Å². The third-order valence-corrected chi connectivity index (χ3v) is 4.61. The second kappa shape index (κ2) is 7.50. The molecule has 0 aliphatic carbocycles. The maximum Gasteiger partial charge on any atom is 0.223 e. The Morgan fingerprint density at radius 1 is 1.38 bits per heavy atom. The summed E-state index contributed by atoms with van der Waals surface area (Å²) in [6.07, 6.45) is 1.44. The minimum atomic E-state index is 0.0958. The molecule has 1 aromatic carbocycles. The smallest absolute Gasteiger partial charge is 0.223 e. The van der Waals surface area contributed by atoms with Gasteiger partial charge in [0.05, 0.1) is 0 Å². The zero-order valence-corrected chi connectivity index (χ0v) is 13.4. The lowest BCUT2D eigenvalue weighted by Crippen LogP contribution is -2.29. The minimum Gasteiger partial charge on any atom is -0.375 e. The number of benzene rings is 1. The number of amides is 1. The Kier molecular flexibility index (Phi) is 5.67. The van der Waals surface area contributed by atoms with Gasteiger partial charge < -0.3 is 9.80 Å². The molecule has 0 spiro atoms. The Labute approximate surface area is 130 Å². The fourth-order valence-corrected chi connectivity index (χ4v) is 3.53. The van der Waals surface area contributed by atoms with E-state index in [-0.39, 0.29) is 16.3 Å². The summed E-state index contributed by atoms with van der Waals surface area (Å²) in [5.41, 5.74) is 1.19. The van der Waals surface area contributed by atoms with Crippen molar-refractivity contribution in [1.82, 2.24) is 4.90 Å². The molecule has 114 valence electrons. The summed E-state index contributed by atoms with van der Waals surface area (Å²) in [5.74, 6) is 0.177. The standard InChI is InChI=1S/C16H22N2O2S/c1-13(19)21-15-11-16(20)18(12-15)10-6-9-17(2)14-7-4-3-5-8-14/h3-5,7-8,15H,6,9-12H2,1-2H3. The molecule has 1 heterocycles. The summed E-state index contributed by atoms with van der Waals surface area (Å²) in [6, 6.07) is 10.2. The van der Waals surface area contributed by atoms with Gasteiger partial charge in [0.25, 0.3) is 0 Å². The number of hydrogen-bond donors (Lipinski definition) is 0. The van der Waals surface area contributed by atoms with E-state index in [2.05, 4.69) is 24.1 Å². The summed E-state index contributed by atoms with van der Waals surface area (Å²) in [7, 11) is 2.07. The third kappa shape index (κ3) is 4.77. The van der Waals surface area contributed by atoms with Crippen LogP contribution in [0.15, 0.2) is 30.3 Å². The van der Waals surface area contributed by atoms with Crippen molar-refractivity contribution in [3.63, 3.8) is 0 Å².